The number of benzene rings is 2. The first-order valence-corrected chi connectivity index (χ1v) is 11.9. The van der Waals surface area contributed by atoms with E-state index in [9.17, 15) is 4.79 Å². The number of aromatic nitrogens is 4. The number of amides is 1. The van der Waals surface area contributed by atoms with Crippen molar-refractivity contribution >= 4 is 17.2 Å². The lowest BCUT2D eigenvalue weighted by molar-refractivity contribution is 0.0717. The maximum absolute atomic E-state index is 13.8. The molecular formula is C27H23N5OS. The normalized spacial score (nSPS) is 10.9. The average molecular weight is 466 g/mol. The average Bonchev–Trinajstić information content (AvgIpc) is 3.56. The van der Waals surface area contributed by atoms with E-state index in [0.717, 1.165) is 27.3 Å². The summed E-state index contributed by atoms with van der Waals surface area (Å²) in [5.41, 5.74) is 4.02. The predicted octanol–water partition coefficient (Wildman–Crippen LogP) is 5.54. The van der Waals surface area contributed by atoms with Crippen LogP contribution in [0.1, 0.15) is 27.3 Å². The second-order valence-corrected chi connectivity index (χ2v) is 8.88. The summed E-state index contributed by atoms with van der Waals surface area (Å²) in [7, 11) is 0. The van der Waals surface area contributed by atoms with Crippen LogP contribution >= 0.6 is 11.3 Å². The van der Waals surface area contributed by atoms with Crippen molar-refractivity contribution in [2.75, 3.05) is 0 Å². The molecule has 0 aliphatic carbocycles. The fourth-order valence-electron chi connectivity index (χ4n) is 3.76. The Morgan fingerprint density at radius 1 is 0.941 bits per heavy atom. The van der Waals surface area contributed by atoms with Crippen molar-refractivity contribution < 1.29 is 4.79 Å². The van der Waals surface area contributed by atoms with E-state index in [0.29, 0.717) is 18.9 Å². The zero-order chi connectivity index (χ0) is 23.3. The zero-order valence-corrected chi connectivity index (χ0v) is 19.5. The van der Waals surface area contributed by atoms with Crippen LogP contribution in [0.15, 0.2) is 96.6 Å². The Bertz CT molecular complexity index is 1380. The molecule has 0 saturated carbocycles. The Hall–Kier alpha value is -4.10. The van der Waals surface area contributed by atoms with Gasteiger partial charge in [-0.1, -0.05) is 54.6 Å². The molecule has 6 nitrogen and oxygen atoms in total. The quantitative estimate of drug-likeness (QED) is 0.316. The number of para-hydroxylation sites is 1. The lowest BCUT2D eigenvalue weighted by Crippen LogP contribution is -2.31. The SMILES string of the molecule is Cc1ccccc1CN(Cc1cccnc1)C(=O)c1nc(-c2cccs2)n(-c2ccccc2)n1. The highest BCUT2D eigenvalue weighted by Gasteiger charge is 2.25. The molecule has 7 heteroatoms. The molecule has 0 spiro atoms. The molecule has 0 bridgehead atoms. The van der Waals surface area contributed by atoms with E-state index in [1.165, 1.54) is 0 Å². The number of hydrogen-bond donors (Lipinski definition) is 0. The summed E-state index contributed by atoms with van der Waals surface area (Å²) >= 11 is 1.57. The van der Waals surface area contributed by atoms with E-state index in [1.807, 2.05) is 78.2 Å². The third-order valence-corrected chi connectivity index (χ3v) is 6.41. The van der Waals surface area contributed by atoms with E-state index in [-0.39, 0.29) is 11.7 Å². The van der Waals surface area contributed by atoms with Gasteiger partial charge in [-0.05, 0) is 53.3 Å². The van der Waals surface area contributed by atoms with Gasteiger partial charge >= 0.3 is 0 Å². The topological polar surface area (TPSA) is 63.9 Å². The highest BCUT2D eigenvalue weighted by atomic mass is 32.1. The van der Waals surface area contributed by atoms with Crippen LogP contribution in [0.2, 0.25) is 0 Å². The molecule has 168 valence electrons. The summed E-state index contributed by atoms with van der Waals surface area (Å²) in [5, 5.41) is 6.66. The fraction of sp³-hybridized carbons (Fsp3) is 0.111. The maximum Gasteiger partial charge on any atom is 0.294 e. The Labute approximate surface area is 202 Å². The van der Waals surface area contributed by atoms with Crippen LogP contribution in [0.4, 0.5) is 0 Å². The minimum atomic E-state index is -0.223. The smallest absolute Gasteiger partial charge is 0.294 e. The van der Waals surface area contributed by atoms with Crippen molar-refractivity contribution in [1.82, 2.24) is 24.6 Å². The molecule has 0 aliphatic heterocycles. The first kappa shape index (κ1) is 21.7. The van der Waals surface area contributed by atoms with E-state index in [4.69, 9.17) is 4.98 Å². The number of nitrogens with zero attached hydrogens (tertiary/aromatic N) is 5. The summed E-state index contributed by atoms with van der Waals surface area (Å²) in [4.78, 5) is 25.5. The Morgan fingerprint density at radius 2 is 1.76 bits per heavy atom. The molecule has 0 saturated heterocycles. The predicted molar refractivity (Wildman–Crippen MR) is 134 cm³/mol. The van der Waals surface area contributed by atoms with Crippen molar-refractivity contribution in [3.05, 3.63) is 119 Å². The van der Waals surface area contributed by atoms with Crippen LogP contribution in [0.25, 0.3) is 16.4 Å². The fourth-order valence-corrected chi connectivity index (χ4v) is 4.46. The van der Waals surface area contributed by atoms with Gasteiger partial charge in [0.1, 0.15) is 0 Å². The highest BCUT2D eigenvalue weighted by Crippen LogP contribution is 2.26. The lowest BCUT2D eigenvalue weighted by Gasteiger charge is -2.22. The molecule has 0 N–H and O–H groups in total. The number of aryl methyl sites for hydroxylation is 1. The van der Waals surface area contributed by atoms with Crippen molar-refractivity contribution in [1.29, 1.82) is 0 Å². The minimum Gasteiger partial charge on any atom is -0.327 e. The monoisotopic (exact) mass is 465 g/mol. The summed E-state index contributed by atoms with van der Waals surface area (Å²) in [6, 6.07) is 25.7. The lowest BCUT2D eigenvalue weighted by atomic mass is 10.1. The third-order valence-electron chi connectivity index (χ3n) is 5.55. The van der Waals surface area contributed by atoms with Gasteiger partial charge in [0.2, 0.25) is 5.82 Å². The van der Waals surface area contributed by atoms with Crippen LogP contribution < -0.4 is 0 Å². The molecule has 1 amide bonds. The molecule has 5 rings (SSSR count). The highest BCUT2D eigenvalue weighted by molar-refractivity contribution is 7.13. The number of carbonyl (C=O) groups is 1. The number of carbonyl (C=O) groups excluding carboxylic acids is 1. The molecule has 2 aromatic carbocycles. The van der Waals surface area contributed by atoms with Crippen molar-refractivity contribution in [2.24, 2.45) is 0 Å². The van der Waals surface area contributed by atoms with Crippen LogP contribution in [-0.2, 0) is 13.1 Å². The van der Waals surface area contributed by atoms with E-state index >= 15 is 0 Å². The summed E-state index contributed by atoms with van der Waals surface area (Å²) in [5.74, 6) is 0.603. The molecule has 0 fully saturated rings. The van der Waals surface area contributed by atoms with E-state index < -0.39 is 0 Å². The van der Waals surface area contributed by atoms with Crippen LogP contribution in [-0.4, -0.2) is 30.6 Å². The van der Waals surface area contributed by atoms with E-state index in [2.05, 4.69) is 23.1 Å². The zero-order valence-electron chi connectivity index (χ0n) is 18.7. The van der Waals surface area contributed by atoms with Gasteiger partial charge in [-0.25, -0.2) is 9.67 Å². The van der Waals surface area contributed by atoms with Crippen LogP contribution in [0, 0.1) is 6.92 Å². The van der Waals surface area contributed by atoms with Gasteiger partial charge in [-0.15, -0.1) is 16.4 Å². The Kier molecular flexibility index (Phi) is 6.27. The minimum absolute atomic E-state index is 0.171. The number of pyridine rings is 1. The second kappa shape index (κ2) is 9.80. The van der Waals surface area contributed by atoms with Gasteiger partial charge in [0.15, 0.2) is 5.82 Å². The Morgan fingerprint density at radius 3 is 2.50 bits per heavy atom. The maximum atomic E-state index is 13.8. The van der Waals surface area contributed by atoms with Crippen molar-refractivity contribution in [3.8, 4) is 16.4 Å². The Balaban J connectivity index is 1.54. The standard InChI is InChI=1S/C27H23N5OS/c1-20-9-5-6-11-22(20)19-31(18-21-10-7-15-28-17-21)27(33)25-29-26(24-14-8-16-34-24)32(30-25)23-12-3-2-4-13-23/h2-17H,18-19H2,1H3. The number of rotatable bonds is 7. The van der Waals surface area contributed by atoms with Gasteiger partial charge < -0.3 is 4.90 Å². The van der Waals surface area contributed by atoms with Gasteiger partial charge in [0.25, 0.3) is 5.91 Å². The number of hydrogen-bond acceptors (Lipinski definition) is 5. The van der Waals surface area contributed by atoms with Gasteiger partial charge in [0, 0.05) is 25.5 Å². The summed E-state index contributed by atoms with van der Waals surface area (Å²) in [6.07, 6.45) is 3.51. The molecule has 34 heavy (non-hydrogen) atoms. The van der Waals surface area contributed by atoms with Gasteiger partial charge in [-0.2, -0.15) is 0 Å². The molecule has 5 aromatic rings. The first-order valence-electron chi connectivity index (χ1n) is 11.0. The van der Waals surface area contributed by atoms with Crippen LogP contribution in [0.5, 0.6) is 0 Å². The molecular weight excluding hydrogens is 442 g/mol. The number of thiophene rings is 1. The molecule has 0 unspecified atom stereocenters. The van der Waals surface area contributed by atoms with Crippen molar-refractivity contribution in [2.45, 2.75) is 20.0 Å². The van der Waals surface area contributed by atoms with E-state index in [1.54, 1.807) is 33.3 Å². The third kappa shape index (κ3) is 4.65. The second-order valence-electron chi connectivity index (χ2n) is 7.93. The largest absolute Gasteiger partial charge is 0.327 e. The summed E-state index contributed by atoms with van der Waals surface area (Å²) < 4.78 is 1.75. The molecule has 3 aromatic heterocycles. The van der Waals surface area contributed by atoms with Crippen LogP contribution in [0.3, 0.4) is 0 Å². The summed E-state index contributed by atoms with van der Waals surface area (Å²) in [6.45, 7) is 2.92. The van der Waals surface area contributed by atoms with Gasteiger partial charge in [0.05, 0.1) is 10.6 Å². The first-order chi connectivity index (χ1) is 16.7. The molecule has 3 heterocycles. The van der Waals surface area contributed by atoms with Crippen molar-refractivity contribution in [3.63, 3.8) is 0 Å². The molecule has 0 atom stereocenters. The molecule has 0 aliphatic rings. The molecule has 0 radical (unpaired) electrons. The van der Waals surface area contributed by atoms with Gasteiger partial charge in [-0.3, -0.25) is 9.78 Å².